The number of rotatable bonds is 6. The van der Waals surface area contributed by atoms with Gasteiger partial charge in [-0.2, -0.15) is 5.10 Å². The van der Waals surface area contributed by atoms with E-state index in [1.54, 1.807) is 24.1 Å². The van der Waals surface area contributed by atoms with Crippen LogP contribution in [0.3, 0.4) is 0 Å². The van der Waals surface area contributed by atoms with Crippen molar-refractivity contribution in [2.24, 2.45) is 12.8 Å². The molecular formula is C10H18N4O2. The Morgan fingerprint density at radius 3 is 3.06 bits per heavy atom. The van der Waals surface area contributed by atoms with Gasteiger partial charge in [-0.05, 0) is 6.92 Å². The van der Waals surface area contributed by atoms with E-state index in [0.29, 0.717) is 25.3 Å². The molecule has 0 saturated carbocycles. The lowest BCUT2D eigenvalue weighted by molar-refractivity contribution is -0.122. The normalized spacial score (nSPS) is 12.4. The molecular weight excluding hydrogens is 208 g/mol. The first-order valence-corrected chi connectivity index (χ1v) is 5.24. The summed E-state index contributed by atoms with van der Waals surface area (Å²) in [6, 6.07) is -0.671. The predicted molar refractivity (Wildman–Crippen MR) is 59.6 cm³/mol. The van der Waals surface area contributed by atoms with Crippen LogP contribution in [0.2, 0.25) is 0 Å². The first kappa shape index (κ1) is 12.7. The molecule has 6 nitrogen and oxygen atoms in total. The van der Waals surface area contributed by atoms with Crippen molar-refractivity contribution >= 4 is 5.91 Å². The topological polar surface area (TPSA) is 82.2 Å². The minimum absolute atomic E-state index is 0.215. The Kier molecular flexibility index (Phi) is 4.94. The van der Waals surface area contributed by atoms with Gasteiger partial charge >= 0.3 is 0 Å². The van der Waals surface area contributed by atoms with Crippen LogP contribution < -0.4 is 11.1 Å². The van der Waals surface area contributed by atoms with Gasteiger partial charge in [0.05, 0.1) is 12.8 Å². The van der Waals surface area contributed by atoms with E-state index in [1.165, 1.54) is 0 Å². The minimum atomic E-state index is -0.671. The van der Waals surface area contributed by atoms with Gasteiger partial charge in [0.25, 0.3) is 0 Å². The molecule has 0 fully saturated rings. The molecule has 6 heteroatoms. The van der Waals surface area contributed by atoms with Crippen LogP contribution >= 0.6 is 0 Å². The highest BCUT2D eigenvalue weighted by atomic mass is 16.5. The summed E-state index contributed by atoms with van der Waals surface area (Å²) in [7, 11) is 1.78. The number of nitrogens with one attached hydrogen (secondary N) is 1. The van der Waals surface area contributed by atoms with Crippen molar-refractivity contribution in [2.75, 3.05) is 19.8 Å². The zero-order valence-electron chi connectivity index (χ0n) is 9.64. The average Bonchev–Trinajstić information content (AvgIpc) is 2.70. The van der Waals surface area contributed by atoms with E-state index in [4.69, 9.17) is 10.5 Å². The van der Waals surface area contributed by atoms with Gasteiger partial charge in [-0.15, -0.1) is 0 Å². The standard InChI is InChI=1S/C10H18N4O2/c1-3-16-5-4-12-10(15)9(11)8-6-13-14(2)7-8/h6-7,9H,3-5,11H2,1-2H3,(H,12,15). The van der Waals surface area contributed by atoms with Gasteiger partial charge in [0.1, 0.15) is 6.04 Å². The highest BCUT2D eigenvalue weighted by Gasteiger charge is 2.16. The summed E-state index contributed by atoms with van der Waals surface area (Å²) in [6.45, 7) is 3.52. The van der Waals surface area contributed by atoms with Crippen molar-refractivity contribution in [3.8, 4) is 0 Å². The second kappa shape index (κ2) is 6.24. The van der Waals surface area contributed by atoms with E-state index in [1.807, 2.05) is 6.92 Å². The number of nitrogens with zero attached hydrogens (tertiary/aromatic N) is 2. The lowest BCUT2D eigenvalue weighted by atomic mass is 10.1. The Balaban J connectivity index is 2.36. The maximum Gasteiger partial charge on any atom is 0.241 e. The summed E-state index contributed by atoms with van der Waals surface area (Å²) in [4.78, 5) is 11.6. The maximum atomic E-state index is 11.6. The van der Waals surface area contributed by atoms with E-state index >= 15 is 0 Å². The number of nitrogens with two attached hydrogens (primary N) is 1. The van der Waals surface area contributed by atoms with Crippen LogP contribution in [0, 0.1) is 0 Å². The fraction of sp³-hybridized carbons (Fsp3) is 0.600. The van der Waals surface area contributed by atoms with Crippen LogP contribution in [0.15, 0.2) is 12.4 Å². The van der Waals surface area contributed by atoms with Gasteiger partial charge in [0.2, 0.25) is 5.91 Å². The number of carbonyl (C=O) groups is 1. The van der Waals surface area contributed by atoms with E-state index in [-0.39, 0.29) is 5.91 Å². The summed E-state index contributed by atoms with van der Waals surface area (Å²) in [6.07, 6.45) is 3.32. The fourth-order valence-corrected chi connectivity index (χ4v) is 1.25. The molecule has 1 atom stereocenters. The second-order valence-corrected chi connectivity index (χ2v) is 3.41. The Hall–Kier alpha value is -1.40. The van der Waals surface area contributed by atoms with Crippen LogP contribution in [0.4, 0.5) is 0 Å². The van der Waals surface area contributed by atoms with Crippen molar-refractivity contribution in [2.45, 2.75) is 13.0 Å². The number of aromatic nitrogens is 2. The zero-order chi connectivity index (χ0) is 12.0. The minimum Gasteiger partial charge on any atom is -0.380 e. The average molecular weight is 226 g/mol. The summed E-state index contributed by atoms with van der Waals surface area (Å²) in [5.41, 5.74) is 6.47. The van der Waals surface area contributed by atoms with Gasteiger partial charge in [0.15, 0.2) is 0 Å². The smallest absolute Gasteiger partial charge is 0.241 e. The van der Waals surface area contributed by atoms with Gasteiger partial charge in [0, 0.05) is 32.0 Å². The number of hydrogen-bond acceptors (Lipinski definition) is 4. The summed E-state index contributed by atoms with van der Waals surface area (Å²) < 4.78 is 6.72. The Morgan fingerprint density at radius 2 is 2.50 bits per heavy atom. The predicted octanol–water partition coefficient (Wildman–Crippen LogP) is -0.427. The molecule has 16 heavy (non-hydrogen) atoms. The highest BCUT2D eigenvalue weighted by Crippen LogP contribution is 2.07. The van der Waals surface area contributed by atoms with Crippen LogP contribution in [0.25, 0.3) is 0 Å². The molecule has 1 rings (SSSR count). The summed E-state index contributed by atoms with van der Waals surface area (Å²) in [5, 5.41) is 6.66. The monoisotopic (exact) mass is 226 g/mol. The fourth-order valence-electron chi connectivity index (χ4n) is 1.25. The van der Waals surface area contributed by atoms with Crippen molar-refractivity contribution in [1.29, 1.82) is 0 Å². The molecule has 1 aromatic rings. The van der Waals surface area contributed by atoms with Crippen LogP contribution in [0.1, 0.15) is 18.5 Å². The largest absolute Gasteiger partial charge is 0.380 e. The first-order chi connectivity index (χ1) is 7.65. The molecule has 0 aromatic carbocycles. The van der Waals surface area contributed by atoms with Gasteiger partial charge < -0.3 is 15.8 Å². The molecule has 1 aromatic heterocycles. The Bertz CT molecular complexity index is 337. The van der Waals surface area contributed by atoms with Gasteiger partial charge in [-0.3, -0.25) is 9.48 Å². The van der Waals surface area contributed by atoms with Crippen LogP contribution in [-0.4, -0.2) is 35.4 Å². The molecule has 1 unspecified atom stereocenters. The number of hydrogen-bond donors (Lipinski definition) is 2. The third-order valence-corrected chi connectivity index (χ3v) is 2.12. The molecule has 90 valence electrons. The maximum absolute atomic E-state index is 11.6. The molecule has 0 spiro atoms. The molecule has 1 heterocycles. The number of ether oxygens (including phenoxy) is 1. The second-order valence-electron chi connectivity index (χ2n) is 3.41. The van der Waals surface area contributed by atoms with E-state index < -0.39 is 6.04 Å². The Labute approximate surface area is 94.8 Å². The van der Waals surface area contributed by atoms with Gasteiger partial charge in [-0.25, -0.2) is 0 Å². The first-order valence-electron chi connectivity index (χ1n) is 5.24. The highest BCUT2D eigenvalue weighted by molar-refractivity contribution is 5.82. The summed E-state index contributed by atoms with van der Waals surface area (Å²) >= 11 is 0. The van der Waals surface area contributed by atoms with Crippen molar-refractivity contribution in [3.05, 3.63) is 18.0 Å². The van der Waals surface area contributed by atoms with Crippen molar-refractivity contribution < 1.29 is 9.53 Å². The quantitative estimate of drug-likeness (QED) is 0.645. The van der Waals surface area contributed by atoms with Crippen molar-refractivity contribution in [3.63, 3.8) is 0 Å². The number of aryl methyl sites for hydroxylation is 1. The third kappa shape index (κ3) is 3.63. The SMILES string of the molecule is CCOCCNC(=O)C(N)c1cnn(C)c1. The molecule has 0 bridgehead atoms. The van der Waals surface area contributed by atoms with E-state index in [0.717, 1.165) is 0 Å². The molecule has 3 N–H and O–H groups in total. The van der Waals surface area contributed by atoms with Crippen molar-refractivity contribution in [1.82, 2.24) is 15.1 Å². The Morgan fingerprint density at radius 1 is 1.75 bits per heavy atom. The molecule has 0 saturated heterocycles. The molecule has 0 aliphatic heterocycles. The number of amides is 1. The van der Waals surface area contributed by atoms with E-state index in [2.05, 4.69) is 10.4 Å². The molecule has 1 amide bonds. The number of carbonyl (C=O) groups excluding carboxylic acids is 1. The molecule has 0 aliphatic carbocycles. The third-order valence-electron chi connectivity index (χ3n) is 2.12. The van der Waals surface area contributed by atoms with Crippen LogP contribution in [-0.2, 0) is 16.6 Å². The lowest BCUT2D eigenvalue weighted by Gasteiger charge is -2.10. The zero-order valence-corrected chi connectivity index (χ0v) is 9.64. The summed E-state index contributed by atoms with van der Waals surface area (Å²) in [5.74, 6) is -0.215. The molecule has 0 aliphatic rings. The molecule has 0 radical (unpaired) electrons. The van der Waals surface area contributed by atoms with Gasteiger partial charge in [-0.1, -0.05) is 0 Å². The lowest BCUT2D eigenvalue weighted by Crippen LogP contribution is -2.35. The van der Waals surface area contributed by atoms with E-state index in [9.17, 15) is 4.79 Å². The van der Waals surface area contributed by atoms with Crippen LogP contribution in [0.5, 0.6) is 0 Å².